The van der Waals surface area contributed by atoms with Gasteiger partial charge in [0.2, 0.25) is 5.55 Å². The van der Waals surface area contributed by atoms with Gasteiger partial charge in [-0.2, -0.15) is 0 Å². The number of nitrogens with one attached hydrogen (secondary N) is 2. The van der Waals surface area contributed by atoms with Crippen LogP contribution in [0.15, 0.2) is 47.1 Å². The van der Waals surface area contributed by atoms with Crippen molar-refractivity contribution < 1.29 is 4.42 Å². The largest absolute Gasteiger partial charge is 0.448 e. The first-order valence-electron chi connectivity index (χ1n) is 5.10. The van der Waals surface area contributed by atoms with Crippen molar-refractivity contribution >= 4 is 23.6 Å². The van der Waals surface area contributed by atoms with Gasteiger partial charge < -0.3 is 20.5 Å². The van der Waals surface area contributed by atoms with Crippen LogP contribution in [-0.2, 0) is 0 Å². The van der Waals surface area contributed by atoms with E-state index in [1.54, 1.807) is 36.4 Å². The monoisotopic (exact) mass is 227 g/mol. The third-order valence-corrected chi connectivity index (χ3v) is 2.21. The predicted molar refractivity (Wildman–Crippen MR) is 69.3 cm³/mol. The van der Waals surface area contributed by atoms with Gasteiger partial charge in [-0.3, -0.25) is 0 Å². The molecule has 0 aliphatic heterocycles. The summed E-state index contributed by atoms with van der Waals surface area (Å²) in [6.07, 6.45) is 8.52. The number of H-pyrrole nitrogens is 1. The molecule has 0 unspecified atom stereocenters. The molecule has 2 rings (SSSR count). The molecule has 0 radical (unpaired) electrons. The Morgan fingerprint density at radius 2 is 1.94 bits per heavy atom. The van der Waals surface area contributed by atoms with Gasteiger partial charge in [0, 0.05) is 16.6 Å². The zero-order valence-corrected chi connectivity index (χ0v) is 9.23. The van der Waals surface area contributed by atoms with E-state index < -0.39 is 0 Å². The summed E-state index contributed by atoms with van der Waals surface area (Å²) in [6, 6.07) is 3.38. The second-order valence-corrected chi connectivity index (χ2v) is 3.62. The number of anilines is 1. The normalized spacial score (nSPS) is 13.9. The smallest absolute Gasteiger partial charge is 0.204 e. The summed E-state index contributed by atoms with van der Waals surface area (Å²) in [4.78, 5) is 3.02. The summed E-state index contributed by atoms with van der Waals surface area (Å²) in [5, 5.41) is 8.07. The van der Waals surface area contributed by atoms with Crippen molar-refractivity contribution in [2.45, 2.75) is 0 Å². The molecular weight excluding hydrogens is 214 g/mol. The number of aromatic amines is 1. The highest BCUT2D eigenvalue weighted by Gasteiger charge is 1.97. The van der Waals surface area contributed by atoms with Crippen LogP contribution in [0.25, 0.3) is 12.2 Å². The van der Waals surface area contributed by atoms with Crippen molar-refractivity contribution in [3.05, 3.63) is 53.6 Å². The lowest BCUT2D eigenvalue weighted by Crippen LogP contribution is -2.18. The van der Waals surface area contributed by atoms with E-state index in [-0.39, 0.29) is 0 Å². The molecule has 17 heavy (non-hydrogen) atoms. The Hall–Kier alpha value is -2.49. The first kappa shape index (κ1) is 11.0. The lowest BCUT2D eigenvalue weighted by Gasteiger charge is -1.99. The van der Waals surface area contributed by atoms with E-state index in [9.17, 15) is 0 Å². The van der Waals surface area contributed by atoms with Gasteiger partial charge in [0.15, 0.2) is 0 Å². The van der Waals surface area contributed by atoms with Crippen molar-refractivity contribution in [1.82, 2.24) is 4.98 Å². The molecule has 4 heteroatoms. The fourth-order valence-electron chi connectivity index (χ4n) is 1.40. The van der Waals surface area contributed by atoms with Crippen molar-refractivity contribution in [2.75, 3.05) is 5.73 Å². The summed E-state index contributed by atoms with van der Waals surface area (Å²) in [6.45, 7) is 3.82. The van der Waals surface area contributed by atoms with Crippen LogP contribution < -0.4 is 16.6 Å². The van der Waals surface area contributed by atoms with Gasteiger partial charge in [0.25, 0.3) is 0 Å². The van der Waals surface area contributed by atoms with Gasteiger partial charge in [-0.1, -0.05) is 6.58 Å². The number of allylic oxidation sites excluding steroid dienone is 4. The third-order valence-electron chi connectivity index (χ3n) is 2.21. The Labute approximate surface area is 98.3 Å². The quantitative estimate of drug-likeness (QED) is 0.618. The van der Waals surface area contributed by atoms with Crippen LogP contribution in [0.2, 0.25) is 0 Å². The average Bonchev–Trinajstić information content (AvgIpc) is 2.26. The Kier molecular flexibility index (Phi) is 2.96. The maximum absolute atomic E-state index is 7.42. The molecule has 0 bridgehead atoms. The molecule has 1 aliphatic rings. The molecule has 1 aromatic rings. The van der Waals surface area contributed by atoms with Crippen molar-refractivity contribution in [3.8, 4) is 0 Å². The average molecular weight is 227 g/mol. The lowest BCUT2D eigenvalue weighted by molar-refractivity contribution is 0.492. The van der Waals surface area contributed by atoms with Crippen LogP contribution in [0.5, 0.6) is 0 Å². The number of rotatable bonds is 0. The Morgan fingerprint density at radius 1 is 1.24 bits per heavy atom. The minimum absolute atomic E-state index is 0.457. The predicted octanol–water partition coefficient (Wildman–Crippen LogP) is 1.02. The van der Waals surface area contributed by atoms with Crippen molar-refractivity contribution in [3.63, 3.8) is 0 Å². The van der Waals surface area contributed by atoms with Crippen molar-refractivity contribution in [1.29, 1.82) is 5.41 Å². The van der Waals surface area contributed by atoms with Gasteiger partial charge in [0.1, 0.15) is 0 Å². The van der Waals surface area contributed by atoms with E-state index in [1.165, 1.54) is 6.26 Å². The van der Waals surface area contributed by atoms with E-state index in [1.807, 2.05) is 0 Å². The highest BCUT2D eigenvalue weighted by Crippen LogP contribution is 2.04. The molecule has 0 aromatic carbocycles. The molecule has 0 atom stereocenters. The van der Waals surface area contributed by atoms with E-state index in [4.69, 9.17) is 15.6 Å². The van der Waals surface area contributed by atoms with Crippen molar-refractivity contribution in [2.24, 2.45) is 0 Å². The maximum Gasteiger partial charge on any atom is 0.204 e. The van der Waals surface area contributed by atoms with E-state index in [0.29, 0.717) is 22.3 Å². The molecule has 0 saturated carbocycles. The van der Waals surface area contributed by atoms with Crippen LogP contribution in [0, 0.1) is 5.41 Å². The van der Waals surface area contributed by atoms with Crippen LogP contribution in [-0.4, -0.2) is 10.7 Å². The molecule has 0 saturated heterocycles. The molecule has 1 aliphatic carbocycles. The standard InChI is InChI=1S/C13H13N3O/c1-9-8-12(15)6-7-17-13(16-9)10-2-4-11(14)5-3-10/h2-8,14,16H,1,15H2. The first-order chi connectivity index (χ1) is 8.15. The molecular formula is C13H13N3O. The zero-order chi connectivity index (χ0) is 12.3. The second-order valence-electron chi connectivity index (χ2n) is 3.62. The Bertz CT molecular complexity index is 639. The van der Waals surface area contributed by atoms with Gasteiger partial charge in [0.05, 0.1) is 12.0 Å². The van der Waals surface area contributed by atoms with Crippen LogP contribution in [0.4, 0.5) is 5.69 Å². The molecule has 0 spiro atoms. The molecule has 0 amide bonds. The molecule has 1 aromatic heterocycles. The number of nitrogen functional groups attached to an aromatic ring is 1. The summed E-state index contributed by atoms with van der Waals surface area (Å²) in [7, 11) is 0. The number of nitrogens with two attached hydrogens (primary N) is 1. The summed E-state index contributed by atoms with van der Waals surface area (Å²) >= 11 is 0. The van der Waals surface area contributed by atoms with E-state index >= 15 is 0 Å². The van der Waals surface area contributed by atoms with Gasteiger partial charge in [-0.25, -0.2) is 0 Å². The van der Waals surface area contributed by atoms with Gasteiger partial charge >= 0.3 is 0 Å². The van der Waals surface area contributed by atoms with Gasteiger partial charge in [-0.05, 0) is 36.4 Å². The second kappa shape index (κ2) is 4.57. The topological polar surface area (TPSA) is 78.8 Å². The number of hydrogen-bond acceptors (Lipinski definition) is 3. The molecule has 0 fully saturated rings. The fourth-order valence-corrected chi connectivity index (χ4v) is 1.40. The number of hydrogen-bond donors (Lipinski definition) is 3. The summed E-state index contributed by atoms with van der Waals surface area (Å²) in [5.74, 6) is 0. The van der Waals surface area contributed by atoms with E-state index in [2.05, 4.69) is 11.6 Å². The SMILES string of the molecule is C=c1cc(N)ccoc(=C2C=CC(=N)C=C2)[nH]1. The highest BCUT2D eigenvalue weighted by molar-refractivity contribution is 6.06. The molecule has 86 valence electrons. The zero-order valence-electron chi connectivity index (χ0n) is 9.23. The Morgan fingerprint density at radius 3 is 2.65 bits per heavy atom. The Balaban J connectivity index is 2.69. The highest BCUT2D eigenvalue weighted by atomic mass is 16.3. The van der Waals surface area contributed by atoms with Crippen LogP contribution in [0.1, 0.15) is 0 Å². The minimum Gasteiger partial charge on any atom is -0.448 e. The van der Waals surface area contributed by atoms with E-state index in [0.717, 1.165) is 5.57 Å². The summed E-state index contributed by atoms with van der Waals surface area (Å²) < 4.78 is 5.43. The molecule has 4 N–H and O–H groups in total. The minimum atomic E-state index is 0.457. The van der Waals surface area contributed by atoms with Gasteiger partial charge in [-0.15, -0.1) is 0 Å². The third kappa shape index (κ3) is 2.75. The summed E-state index contributed by atoms with van der Waals surface area (Å²) in [5.41, 5.74) is 8.10. The van der Waals surface area contributed by atoms with Crippen LogP contribution >= 0.6 is 0 Å². The van der Waals surface area contributed by atoms with Crippen LogP contribution in [0.3, 0.4) is 0 Å². The molecule has 4 nitrogen and oxygen atoms in total. The maximum atomic E-state index is 7.42. The number of aromatic nitrogens is 1. The fraction of sp³-hybridized carbons (Fsp3) is 0. The lowest BCUT2D eigenvalue weighted by atomic mass is 10.1. The molecule has 1 heterocycles. The first-order valence-corrected chi connectivity index (χ1v) is 5.10.